The predicted octanol–water partition coefficient (Wildman–Crippen LogP) is 6.07. The molecule has 0 bridgehead atoms. The molecule has 0 aromatic heterocycles. The number of hydrogen-bond acceptors (Lipinski definition) is 4. The molecule has 176 valence electrons. The monoisotopic (exact) mass is 467 g/mol. The second kappa shape index (κ2) is 13.6. The van der Waals surface area contributed by atoms with Crippen molar-refractivity contribution >= 4 is 24.6 Å². The number of hydrogen-bond donors (Lipinski definition) is 1. The van der Waals surface area contributed by atoms with Crippen LogP contribution in [-0.4, -0.2) is 33.9 Å². The van der Waals surface area contributed by atoms with E-state index in [0.29, 0.717) is 6.04 Å². The number of nitrogens with one attached hydrogen (secondary N) is 1. The lowest BCUT2D eigenvalue weighted by Crippen LogP contribution is -2.30. The normalized spacial score (nSPS) is 11.6. The molecule has 0 radical (unpaired) electrons. The van der Waals surface area contributed by atoms with Crippen LogP contribution in [0.3, 0.4) is 0 Å². The van der Waals surface area contributed by atoms with E-state index in [1.165, 1.54) is 22.3 Å². The minimum absolute atomic E-state index is 0. The molecular formula is C28H34ClNO3. The number of halogens is 1. The molecule has 0 fully saturated rings. The van der Waals surface area contributed by atoms with Crippen LogP contribution in [0.5, 0.6) is 17.2 Å². The molecule has 1 unspecified atom stereocenters. The molecule has 33 heavy (non-hydrogen) atoms. The fourth-order valence-electron chi connectivity index (χ4n) is 3.70. The lowest BCUT2D eigenvalue weighted by molar-refractivity contribution is 0.354. The SMILES string of the molecule is COc1ccc(/C=C\c2ccccc2)c(CC(C)NCCc2ccc(OC)c(OC)c2)c1.Cl. The van der Waals surface area contributed by atoms with Crippen LogP contribution in [0.25, 0.3) is 12.2 Å². The van der Waals surface area contributed by atoms with E-state index in [9.17, 15) is 0 Å². The third-order valence-corrected chi connectivity index (χ3v) is 5.49. The molecule has 0 aliphatic rings. The van der Waals surface area contributed by atoms with E-state index in [2.05, 4.69) is 66.9 Å². The van der Waals surface area contributed by atoms with Crippen LogP contribution in [0, 0.1) is 0 Å². The summed E-state index contributed by atoms with van der Waals surface area (Å²) in [5.74, 6) is 2.41. The second-order valence-corrected chi connectivity index (χ2v) is 7.81. The average Bonchev–Trinajstić information content (AvgIpc) is 2.83. The molecule has 0 spiro atoms. The van der Waals surface area contributed by atoms with Gasteiger partial charge in [0.15, 0.2) is 11.5 Å². The number of methoxy groups -OCH3 is 3. The van der Waals surface area contributed by atoms with Gasteiger partial charge in [0, 0.05) is 6.04 Å². The molecule has 0 heterocycles. The van der Waals surface area contributed by atoms with Crippen LogP contribution in [0.2, 0.25) is 0 Å². The van der Waals surface area contributed by atoms with E-state index in [1.807, 2.05) is 24.3 Å². The highest BCUT2D eigenvalue weighted by atomic mass is 35.5. The molecule has 0 saturated carbocycles. The van der Waals surface area contributed by atoms with Crippen molar-refractivity contribution in [2.24, 2.45) is 0 Å². The smallest absolute Gasteiger partial charge is 0.160 e. The van der Waals surface area contributed by atoms with Gasteiger partial charge in [-0.2, -0.15) is 0 Å². The third kappa shape index (κ3) is 7.85. The van der Waals surface area contributed by atoms with Crippen LogP contribution >= 0.6 is 12.4 Å². The fraction of sp³-hybridized carbons (Fsp3) is 0.286. The molecule has 0 amide bonds. The van der Waals surface area contributed by atoms with Crippen molar-refractivity contribution in [3.63, 3.8) is 0 Å². The molecule has 1 N–H and O–H groups in total. The number of ether oxygens (including phenoxy) is 3. The molecule has 0 aliphatic carbocycles. The lowest BCUT2D eigenvalue weighted by Gasteiger charge is -2.17. The minimum Gasteiger partial charge on any atom is -0.497 e. The maximum Gasteiger partial charge on any atom is 0.160 e. The van der Waals surface area contributed by atoms with Crippen molar-refractivity contribution in [3.8, 4) is 17.2 Å². The van der Waals surface area contributed by atoms with Gasteiger partial charge in [0.2, 0.25) is 0 Å². The van der Waals surface area contributed by atoms with Gasteiger partial charge in [0.1, 0.15) is 5.75 Å². The third-order valence-electron chi connectivity index (χ3n) is 5.49. The molecule has 4 nitrogen and oxygen atoms in total. The van der Waals surface area contributed by atoms with Gasteiger partial charge in [-0.3, -0.25) is 0 Å². The summed E-state index contributed by atoms with van der Waals surface area (Å²) < 4.78 is 16.2. The molecule has 3 rings (SSSR count). The number of rotatable bonds is 11. The van der Waals surface area contributed by atoms with E-state index >= 15 is 0 Å². The van der Waals surface area contributed by atoms with Crippen molar-refractivity contribution in [2.75, 3.05) is 27.9 Å². The van der Waals surface area contributed by atoms with Gasteiger partial charge in [-0.1, -0.05) is 54.6 Å². The van der Waals surface area contributed by atoms with Crippen molar-refractivity contribution in [3.05, 3.63) is 89.0 Å². The molecule has 0 saturated heterocycles. The molecular weight excluding hydrogens is 434 g/mol. The van der Waals surface area contributed by atoms with Crippen molar-refractivity contribution in [1.82, 2.24) is 5.32 Å². The first-order chi connectivity index (χ1) is 15.6. The van der Waals surface area contributed by atoms with Gasteiger partial charge in [0.05, 0.1) is 21.3 Å². The molecule has 3 aromatic rings. The summed E-state index contributed by atoms with van der Waals surface area (Å²) in [5.41, 5.74) is 4.89. The summed E-state index contributed by atoms with van der Waals surface area (Å²) in [6.45, 7) is 3.11. The van der Waals surface area contributed by atoms with Crippen LogP contribution in [0.1, 0.15) is 29.2 Å². The van der Waals surface area contributed by atoms with E-state index < -0.39 is 0 Å². The van der Waals surface area contributed by atoms with Gasteiger partial charge in [0.25, 0.3) is 0 Å². The Hall–Kier alpha value is -2.95. The summed E-state index contributed by atoms with van der Waals surface area (Å²) in [7, 11) is 5.03. The topological polar surface area (TPSA) is 39.7 Å². The second-order valence-electron chi connectivity index (χ2n) is 7.81. The summed E-state index contributed by atoms with van der Waals surface area (Å²) in [6, 6.07) is 23.1. The highest BCUT2D eigenvalue weighted by molar-refractivity contribution is 5.85. The highest BCUT2D eigenvalue weighted by Gasteiger charge is 2.09. The zero-order valence-corrected chi connectivity index (χ0v) is 20.7. The van der Waals surface area contributed by atoms with Crippen LogP contribution in [-0.2, 0) is 12.8 Å². The van der Waals surface area contributed by atoms with Crippen molar-refractivity contribution in [2.45, 2.75) is 25.8 Å². The minimum atomic E-state index is 0. The summed E-state index contributed by atoms with van der Waals surface area (Å²) in [5, 5.41) is 3.65. The summed E-state index contributed by atoms with van der Waals surface area (Å²) in [6.07, 6.45) is 6.17. The Morgan fingerprint density at radius 1 is 0.818 bits per heavy atom. The van der Waals surface area contributed by atoms with Gasteiger partial charge in [-0.15, -0.1) is 12.4 Å². The first kappa shape index (κ1) is 26.3. The standard InChI is InChI=1S/C28H33NO3.ClH/c1-21(29-17-16-23-11-15-27(31-3)28(19-23)32-4)18-25-20-26(30-2)14-13-24(25)12-10-22-8-6-5-7-9-22;/h5-15,19-21,29H,16-18H2,1-4H3;1H/b12-10-;. The Labute approximate surface area is 204 Å². The predicted molar refractivity (Wildman–Crippen MR) is 140 cm³/mol. The van der Waals surface area contributed by atoms with E-state index in [4.69, 9.17) is 14.2 Å². The number of benzene rings is 3. The fourth-order valence-corrected chi connectivity index (χ4v) is 3.70. The highest BCUT2D eigenvalue weighted by Crippen LogP contribution is 2.27. The molecule has 3 aromatic carbocycles. The maximum absolute atomic E-state index is 5.47. The molecule has 1 atom stereocenters. The van der Waals surface area contributed by atoms with Crippen LogP contribution < -0.4 is 19.5 Å². The van der Waals surface area contributed by atoms with E-state index in [0.717, 1.165) is 36.6 Å². The van der Waals surface area contributed by atoms with Crippen molar-refractivity contribution < 1.29 is 14.2 Å². The van der Waals surface area contributed by atoms with Gasteiger partial charge < -0.3 is 19.5 Å². The quantitative estimate of drug-likeness (QED) is 0.347. The molecule has 5 heteroatoms. The zero-order valence-electron chi connectivity index (χ0n) is 19.8. The van der Waals surface area contributed by atoms with Crippen LogP contribution in [0.15, 0.2) is 66.7 Å². The lowest BCUT2D eigenvalue weighted by atomic mass is 9.99. The van der Waals surface area contributed by atoms with Gasteiger partial charge in [-0.05, 0) is 72.8 Å². The maximum atomic E-state index is 5.47. The summed E-state index contributed by atoms with van der Waals surface area (Å²) in [4.78, 5) is 0. The Bertz CT molecular complexity index is 1020. The largest absolute Gasteiger partial charge is 0.497 e. The molecule has 0 aliphatic heterocycles. The van der Waals surface area contributed by atoms with Crippen LogP contribution in [0.4, 0.5) is 0 Å². The van der Waals surface area contributed by atoms with E-state index in [-0.39, 0.29) is 12.4 Å². The first-order valence-electron chi connectivity index (χ1n) is 11.0. The Morgan fingerprint density at radius 3 is 2.27 bits per heavy atom. The Morgan fingerprint density at radius 2 is 1.58 bits per heavy atom. The Balaban J connectivity index is 0.00000385. The summed E-state index contributed by atoms with van der Waals surface area (Å²) >= 11 is 0. The Kier molecular flexibility index (Phi) is 10.8. The first-order valence-corrected chi connectivity index (χ1v) is 11.0. The van der Waals surface area contributed by atoms with Crippen molar-refractivity contribution in [1.29, 1.82) is 0 Å². The zero-order chi connectivity index (χ0) is 22.8. The van der Waals surface area contributed by atoms with E-state index in [1.54, 1.807) is 21.3 Å². The average molecular weight is 468 g/mol. The van der Waals surface area contributed by atoms with Gasteiger partial charge >= 0.3 is 0 Å². The van der Waals surface area contributed by atoms with Gasteiger partial charge in [-0.25, -0.2) is 0 Å².